The Bertz CT molecular complexity index is 451. The van der Waals surface area contributed by atoms with Crippen LogP contribution < -0.4 is 0 Å². The van der Waals surface area contributed by atoms with Crippen molar-refractivity contribution < 1.29 is 9.18 Å². The van der Waals surface area contributed by atoms with Crippen LogP contribution in [0.15, 0.2) is 22.7 Å². The van der Waals surface area contributed by atoms with Gasteiger partial charge < -0.3 is 9.80 Å². The largest absolute Gasteiger partial charge is 0.335 e. The van der Waals surface area contributed by atoms with Gasteiger partial charge in [-0.3, -0.25) is 4.79 Å². The highest BCUT2D eigenvalue weighted by molar-refractivity contribution is 9.10. The van der Waals surface area contributed by atoms with Gasteiger partial charge in [0.1, 0.15) is 5.82 Å². The Morgan fingerprint density at radius 1 is 1.42 bits per heavy atom. The monoisotopic (exact) mass is 330 g/mol. The molecular weight excluding hydrogens is 311 g/mol. The second kappa shape index (κ2) is 7.01. The number of likely N-dealkylation sites (N-methyl/N-ethyl adjacent to an activating group) is 2. The average Bonchev–Trinajstić information content (AvgIpc) is 2.28. The molecule has 0 radical (unpaired) electrons. The van der Waals surface area contributed by atoms with Gasteiger partial charge in [-0.15, -0.1) is 0 Å². The van der Waals surface area contributed by atoms with Gasteiger partial charge in [-0.1, -0.05) is 0 Å². The molecule has 0 aliphatic carbocycles. The Morgan fingerprint density at radius 2 is 2.05 bits per heavy atom. The third-order valence-corrected chi connectivity index (χ3v) is 3.58. The minimum atomic E-state index is -0.354. The zero-order valence-electron chi connectivity index (χ0n) is 11.8. The quantitative estimate of drug-likeness (QED) is 0.828. The van der Waals surface area contributed by atoms with Crippen molar-refractivity contribution in [2.24, 2.45) is 0 Å². The van der Waals surface area contributed by atoms with Crippen molar-refractivity contribution >= 4 is 21.8 Å². The number of carbonyl (C=O) groups is 1. The van der Waals surface area contributed by atoms with Crippen molar-refractivity contribution in [1.82, 2.24) is 9.80 Å². The lowest BCUT2D eigenvalue weighted by Crippen LogP contribution is -2.43. The number of rotatable bonds is 5. The van der Waals surface area contributed by atoms with Gasteiger partial charge in [0.25, 0.3) is 5.91 Å². The Hall–Kier alpha value is -0.940. The van der Waals surface area contributed by atoms with E-state index in [4.69, 9.17) is 0 Å². The van der Waals surface area contributed by atoms with Gasteiger partial charge in [-0.2, -0.15) is 0 Å². The second-order valence-corrected chi connectivity index (χ2v) is 5.68. The number of nitrogens with zero attached hydrogens (tertiary/aromatic N) is 2. The van der Waals surface area contributed by atoms with E-state index in [9.17, 15) is 9.18 Å². The van der Waals surface area contributed by atoms with Crippen molar-refractivity contribution in [3.05, 3.63) is 34.1 Å². The standard InChI is InChI=1S/C14H20BrFN2O/c1-5-18(10(2)9-17(3)4)14(19)12-7-6-11(16)8-13(12)15/h6-8,10H,5,9H2,1-4H3. The summed E-state index contributed by atoms with van der Waals surface area (Å²) in [5, 5.41) is 0. The van der Waals surface area contributed by atoms with Crippen molar-refractivity contribution in [1.29, 1.82) is 0 Å². The van der Waals surface area contributed by atoms with Gasteiger partial charge in [0.15, 0.2) is 0 Å². The first-order valence-electron chi connectivity index (χ1n) is 6.27. The molecule has 0 saturated carbocycles. The van der Waals surface area contributed by atoms with E-state index in [2.05, 4.69) is 15.9 Å². The molecular formula is C14H20BrFN2O. The molecule has 0 fully saturated rings. The number of hydrogen-bond acceptors (Lipinski definition) is 2. The predicted octanol–water partition coefficient (Wildman–Crippen LogP) is 3.00. The number of hydrogen-bond donors (Lipinski definition) is 0. The third kappa shape index (κ3) is 4.28. The van der Waals surface area contributed by atoms with Crippen LogP contribution >= 0.6 is 15.9 Å². The molecule has 106 valence electrons. The minimum Gasteiger partial charge on any atom is -0.335 e. The maximum atomic E-state index is 13.1. The van der Waals surface area contributed by atoms with Crippen LogP contribution in [-0.2, 0) is 0 Å². The van der Waals surface area contributed by atoms with E-state index in [1.165, 1.54) is 18.2 Å². The number of halogens is 2. The lowest BCUT2D eigenvalue weighted by atomic mass is 10.1. The van der Waals surface area contributed by atoms with E-state index in [1.54, 1.807) is 4.90 Å². The number of benzene rings is 1. The van der Waals surface area contributed by atoms with E-state index in [0.29, 0.717) is 16.6 Å². The molecule has 0 aromatic heterocycles. The van der Waals surface area contributed by atoms with E-state index in [1.807, 2.05) is 32.8 Å². The summed E-state index contributed by atoms with van der Waals surface area (Å²) in [5.74, 6) is -0.434. The molecule has 1 rings (SSSR count). The number of amides is 1. The van der Waals surface area contributed by atoms with Gasteiger partial charge in [0.2, 0.25) is 0 Å². The highest BCUT2D eigenvalue weighted by atomic mass is 79.9. The molecule has 0 N–H and O–H groups in total. The van der Waals surface area contributed by atoms with Gasteiger partial charge in [-0.25, -0.2) is 4.39 Å². The fraction of sp³-hybridized carbons (Fsp3) is 0.500. The molecule has 0 bridgehead atoms. The summed E-state index contributed by atoms with van der Waals surface area (Å²) >= 11 is 3.25. The highest BCUT2D eigenvalue weighted by Gasteiger charge is 2.22. The number of carbonyl (C=O) groups excluding carboxylic acids is 1. The molecule has 3 nitrogen and oxygen atoms in total. The maximum absolute atomic E-state index is 13.1. The van der Waals surface area contributed by atoms with Gasteiger partial charge >= 0.3 is 0 Å². The molecule has 1 unspecified atom stereocenters. The van der Waals surface area contributed by atoms with Crippen molar-refractivity contribution in [2.75, 3.05) is 27.2 Å². The molecule has 5 heteroatoms. The molecule has 1 atom stereocenters. The zero-order chi connectivity index (χ0) is 14.6. The average molecular weight is 331 g/mol. The highest BCUT2D eigenvalue weighted by Crippen LogP contribution is 2.20. The third-order valence-electron chi connectivity index (χ3n) is 2.92. The van der Waals surface area contributed by atoms with Crippen LogP contribution in [0.4, 0.5) is 4.39 Å². The van der Waals surface area contributed by atoms with Gasteiger partial charge in [-0.05, 0) is 62.1 Å². The summed E-state index contributed by atoms with van der Waals surface area (Å²) in [6, 6.07) is 4.25. The van der Waals surface area contributed by atoms with Crippen LogP contribution in [0.2, 0.25) is 0 Å². The van der Waals surface area contributed by atoms with Crippen molar-refractivity contribution in [3.63, 3.8) is 0 Å². The SMILES string of the molecule is CCN(C(=O)c1ccc(F)cc1Br)C(C)CN(C)C. The van der Waals surface area contributed by atoms with Crippen LogP contribution in [0.3, 0.4) is 0 Å². The molecule has 0 aliphatic heterocycles. The topological polar surface area (TPSA) is 23.6 Å². The Balaban J connectivity index is 2.95. The van der Waals surface area contributed by atoms with Crippen LogP contribution in [0.1, 0.15) is 24.2 Å². The Kier molecular flexibility index (Phi) is 5.94. The molecule has 0 saturated heterocycles. The molecule has 0 aliphatic rings. The minimum absolute atomic E-state index is 0.0799. The Labute approximate surface area is 122 Å². The first-order valence-corrected chi connectivity index (χ1v) is 7.06. The fourth-order valence-electron chi connectivity index (χ4n) is 2.10. The van der Waals surface area contributed by atoms with Crippen molar-refractivity contribution in [2.45, 2.75) is 19.9 Å². The predicted molar refractivity (Wildman–Crippen MR) is 78.8 cm³/mol. The lowest BCUT2D eigenvalue weighted by molar-refractivity contribution is 0.0678. The van der Waals surface area contributed by atoms with E-state index in [-0.39, 0.29) is 17.8 Å². The molecule has 1 aromatic rings. The summed E-state index contributed by atoms with van der Waals surface area (Å²) in [4.78, 5) is 16.3. The summed E-state index contributed by atoms with van der Waals surface area (Å²) in [5.41, 5.74) is 0.494. The summed E-state index contributed by atoms with van der Waals surface area (Å²) in [6.45, 7) is 5.37. The molecule has 19 heavy (non-hydrogen) atoms. The van der Waals surface area contributed by atoms with E-state index in [0.717, 1.165) is 6.54 Å². The smallest absolute Gasteiger partial charge is 0.255 e. The first kappa shape index (κ1) is 16.1. The van der Waals surface area contributed by atoms with Gasteiger partial charge in [0.05, 0.1) is 5.56 Å². The molecule has 1 amide bonds. The van der Waals surface area contributed by atoms with Crippen LogP contribution in [0.5, 0.6) is 0 Å². The summed E-state index contributed by atoms with van der Waals surface area (Å²) in [7, 11) is 3.95. The zero-order valence-corrected chi connectivity index (χ0v) is 13.4. The van der Waals surface area contributed by atoms with E-state index < -0.39 is 0 Å². The first-order chi connectivity index (χ1) is 8.86. The van der Waals surface area contributed by atoms with E-state index >= 15 is 0 Å². The summed E-state index contributed by atoms with van der Waals surface area (Å²) < 4.78 is 13.6. The van der Waals surface area contributed by atoms with Crippen LogP contribution in [0, 0.1) is 5.82 Å². The van der Waals surface area contributed by atoms with Gasteiger partial charge in [0, 0.05) is 23.6 Å². The normalized spacial score (nSPS) is 12.6. The van der Waals surface area contributed by atoms with Crippen LogP contribution in [-0.4, -0.2) is 48.9 Å². The molecule has 0 spiro atoms. The summed E-state index contributed by atoms with van der Waals surface area (Å²) in [6.07, 6.45) is 0. The lowest BCUT2D eigenvalue weighted by Gasteiger charge is -2.30. The second-order valence-electron chi connectivity index (χ2n) is 4.83. The van der Waals surface area contributed by atoms with Crippen LogP contribution in [0.25, 0.3) is 0 Å². The maximum Gasteiger partial charge on any atom is 0.255 e. The van der Waals surface area contributed by atoms with Crippen molar-refractivity contribution in [3.8, 4) is 0 Å². The molecule has 1 aromatic carbocycles. The fourth-order valence-corrected chi connectivity index (χ4v) is 2.62. The molecule has 0 heterocycles. The Morgan fingerprint density at radius 3 is 2.53 bits per heavy atom.